The van der Waals surface area contributed by atoms with E-state index in [0.717, 1.165) is 17.9 Å². The monoisotopic (exact) mass is 339 g/mol. The molecule has 0 spiro atoms. The molecule has 22 heavy (non-hydrogen) atoms. The summed E-state index contributed by atoms with van der Waals surface area (Å²) in [6.07, 6.45) is 1.42. The van der Waals surface area contributed by atoms with Crippen LogP contribution in [0.4, 0.5) is 5.82 Å². The van der Waals surface area contributed by atoms with E-state index in [4.69, 9.17) is 32.7 Å². The molecular weight excluding hydrogens is 325 g/mol. The summed E-state index contributed by atoms with van der Waals surface area (Å²) < 4.78 is 11.0. The number of halogens is 2. The highest BCUT2D eigenvalue weighted by Gasteiger charge is 2.23. The first-order valence-corrected chi connectivity index (χ1v) is 7.60. The second kappa shape index (κ2) is 6.69. The number of morpholine rings is 1. The number of benzene rings is 1. The van der Waals surface area contributed by atoms with Crippen molar-refractivity contribution >= 4 is 29.0 Å². The van der Waals surface area contributed by atoms with Gasteiger partial charge in [0.2, 0.25) is 5.88 Å². The number of hydrogen-bond donors (Lipinski definition) is 0. The van der Waals surface area contributed by atoms with Crippen molar-refractivity contribution in [2.75, 3.05) is 31.7 Å². The van der Waals surface area contributed by atoms with E-state index in [-0.39, 0.29) is 6.10 Å². The van der Waals surface area contributed by atoms with E-state index in [2.05, 4.69) is 14.9 Å². The van der Waals surface area contributed by atoms with E-state index in [1.165, 1.54) is 6.33 Å². The highest BCUT2D eigenvalue weighted by atomic mass is 35.5. The summed E-state index contributed by atoms with van der Waals surface area (Å²) in [5, 5.41) is 1.07. The summed E-state index contributed by atoms with van der Waals surface area (Å²) >= 11 is 12.1. The van der Waals surface area contributed by atoms with Crippen molar-refractivity contribution in [1.29, 1.82) is 0 Å². The molecule has 0 radical (unpaired) electrons. The molecule has 0 amide bonds. The lowest BCUT2D eigenvalue weighted by Crippen LogP contribution is -2.38. The first kappa shape index (κ1) is 15.3. The van der Waals surface area contributed by atoms with Gasteiger partial charge in [0.1, 0.15) is 18.2 Å². The summed E-state index contributed by atoms with van der Waals surface area (Å²) in [5.41, 5.74) is 1.00. The fraction of sp³-hybridized carbons (Fsp3) is 0.333. The van der Waals surface area contributed by atoms with Gasteiger partial charge < -0.3 is 14.4 Å². The number of anilines is 1. The zero-order valence-corrected chi connectivity index (χ0v) is 13.5. The Morgan fingerprint density at radius 2 is 2.09 bits per heavy atom. The fourth-order valence-electron chi connectivity index (χ4n) is 2.39. The lowest BCUT2D eigenvalue weighted by molar-refractivity contribution is 0.0395. The number of ether oxygens (including phenoxy) is 2. The topological polar surface area (TPSA) is 47.5 Å². The molecule has 1 fully saturated rings. The van der Waals surface area contributed by atoms with Crippen molar-refractivity contribution in [3.05, 3.63) is 46.2 Å². The number of hydrogen-bond acceptors (Lipinski definition) is 5. The third-order valence-corrected chi connectivity index (χ3v) is 4.28. The number of methoxy groups -OCH3 is 1. The van der Waals surface area contributed by atoms with E-state index < -0.39 is 0 Å². The van der Waals surface area contributed by atoms with Crippen LogP contribution in [0.25, 0.3) is 0 Å². The molecule has 116 valence electrons. The molecule has 2 heterocycles. The van der Waals surface area contributed by atoms with Gasteiger partial charge in [-0.3, -0.25) is 0 Å². The molecule has 0 bridgehead atoms. The molecule has 1 aliphatic heterocycles. The summed E-state index contributed by atoms with van der Waals surface area (Å²) in [6, 6.07) is 7.38. The van der Waals surface area contributed by atoms with Crippen LogP contribution in [0.3, 0.4) is 0 Å². The zero-order valence-electron chi connectivity index (χ0n) is 12.0. The minimum atomic E-state index is -0.0792. The summed E-state index contributed by atoms with van der Waals surface area (Å²) in [6.45, 7) is 2.05. The maximum atomic E-state index is 6.09. The van der Waals surface area contributed by atoms with Gasteiger partial charge in [-0.05, 0) is 17.7 Å². The standard InChI is InChI=1S/C15H15Cl2N3O2/c1-21-15-7-14(18-9-19-15)20-4-5-22-13(8-20)10-2-3-11(16)12(17)6-10/h2-3,6-7,9,13H,4-5,8H2,1H3/t13-/m0/s1. The molecule has 5 nitrogen and oxygen atoms in total. The SMILES string of the molecule is COc1cc(N2CCO[C@H](c3ccc(Cl)c(Cl)c3)C2)ncn1. The van der Waals surface area contributed by atoms with E-state index >= 15 is 0 Å². The highest BCUT2D eigenvalue weighted by Crippen LogP contribution is 2.30. The third kappa shape index (κ3) is 3.27. The smallest absolute Gasteiger partial charge is 0.218 e. The van der Waals surface area contributed by atoms with Crippen LogP contribution in [0, 0.1) is 0 Å². The maximum Gasteiger partial charge on any atom is 0.218 e. The Kier molecular flexibility index (Phi) is 4.66. The van der Waals surface area contributed by atoms with E-state index in [9.17, 15) is 0 Å². The van der Waals surface area contributed by atoms with Crippen LogP contribution in [0.5, 0.6) is 5.88 Å². The van der Waals surface area contributed by atoms with Gasteiger partial charge in [-0.25, -0.2) is 9.97 Å². The predicted molar refractivity (Wildman–Crippen MR) is 86.0 cm³/mol. The van der Waals surface area contributed by atoms with Crippen molar-refractivity contribution in [2.24, 2.45) is 0 Å². The van der Waals surface area contributed by atoms with Gasteiger partial charge in [0.05, 0.1) is 23.8 Å². The molecule has 1 saturated heterocycles. The molecule has 0 aliphatic carbocycles. The normalized spacial score (nSPS) is 18.3. The Hall–Kier alpha value is -1.56. The van der Waals surface area contributed by atoms with Crippen LogP contribution in [0.2, 0.25) is 10.0 Å². The second-order valence-electron chi connectivity index (χ2n) is 4.90. The molecule has 0 unspecified atom stereocenters. The quantitative estimate of drug-likeness (QED) is 0.857. The summed E-state index contributed by atoms with van der Waals surface area (Å²) in [7, 11) is 1.59. The van der Waals surface area contributed by atoms with Crippen LogP contribution < -0.4 is 9.64 Å². The minimum absolute atomic E-state index is 0.0792. The van der Waals surface area contributed by atoms with E-state index in [1.54, 1.807) is 13.2 Å². The van der Waals surface area contributed by atoms with E-state index in [0.29, 0.717) is 29.1 Å². The van der Waals surface area contributed by atoms with Gasteiger partial charge in [-0.2, -0.15) is 0 Å². The Morgan fingerprint density at radius 1 is 1.23 bits per heavy atom. The lowest BCUT2D eigenvalue weighted by atomic mass is 10.1. The van der Waals surface area contributed by atoms with Gasteiger partial charge >= 0.3 is 0 Å². The Labute approximate surface area is 138 Å². The number of aromatic nitrogens is 2. The Bertz CT molecular complexity index is 669. The average molecular weight is 340 g/mol. The van der Waals surface area contributed by atoms with Crippen LogP contribution in [-0.4, -0.2) is 36.8 Å². The van der Waals surface area contributed by atoms with Crippen molar-refractivity contribution in [1.82, 2.24) is 9.97 Å². The van der Waals surface area contributed by atoms with Gasteiger partial charge in [-0.1, -0.05) is 29.3 Å². The molecule has 3 rings (SSSR count). The molecule has 1 aliphatic rings. The first-order valence-electron chi connectivity index (χ1n) is 6.85. The van der Waals surface area contributed by atoms with Crippen molar-refractivity contribution in [3.63, 3.8) is 0 Å². The van der Waals surface area contributed by atoms with Gasteiger partial charge in [0.15, 0.2) is 0 Å². The van der Waals surface area contributed by atoms with Crippen LogP contribution in [0.15, 0.2) is 30.6 Å². The molecule has 7 heteroatoms. The van der Waals surface area contributed by atoms with Gasteiger partial charge in [0.25, 0.3) is 0 Å². The largest absolute Gasteiger partial charge is 0.481 e. The maximum absolute atomic E-state index is 6.09. The fourth-order valence-corrected chi connectivity index (χ4v) is 2.69. The van der Waals surface area contributed by atoms with Gasteiger partial charge in [0, 0.05) is 19.2 Å². The van der Waals surface area contributed by atoms with Gasteiger partial charge in [-0.15, -0.1) is 0 Å². The Balaban J connectivity index is 1.80. The summed E-state index contributed by atoms with van der Waals surface area (Å²) in [5.74, 6) is 1.36. The molecule has 1 aromatic heterocycles. The average Bonchev–Trinajstić information content (AvgIpc) is 2.57. The predicted octanol–water partition coefficient (Wildman–Crippen LogP) is 3.37. The molecule has 2 aromatic rings. The second-order valence-corrected chi connectivity index (χ2v) is 5.71. The number of rotatable bonds is 3. The highest BCUT2D eigenvalue weighted by molar-refractivity contribution is 6.42. The van der Waals surface area contributed by atoms with Crippen molar-refractivity contribution in [3.8, 4) is 5.88 Å². The van der Waals surface area contributed by atoms with Crippen LogP contribution >= 0.6 is 23.2 Å². The lowest BCUT2D eigenvalue weighted by Gasteiger charge is -2.34. The van der Waals surface area contributed by atoms with Crippen molar-refractivity contribution < 1.29 is 9.47 Å². The number of nitrogens with zero attached hydrogens (tertiary/aromatic N) is 3. The molecule has 0 N–H and O–H groups in total. The third-order valence-electron chi connectivity index (χ3n) is 3.54. The van der Waals surface area contributed by atoms with Crippen LogP contribution in [-0.2, 0) is 4.74 Å². The van der Waals surface area contributed by atoms with Crippen molar-refractivity contribution in [2.45, 2.75) is 6.10 Å². The first-order chi connectivity index (χ1) is 10.7. The molecule has 1 aromatic carbocycles. The summed E-state index contributed by atoms with van der Waals surface area (Å²) in [4.78, 5) is 10.5. The minimum Gasteiger partial charge on any atom is -0.481 e. The molecule has 1 atom stereocenters. The van der Waals surface area contributed by atoms with Crippen LogP contribution in [0.1, 0.15) is 11.7 Å². The molecule has 0 saturated carbocycles. The molecular formula is C15H15Cl2N3O2. The zero-order chi connectivity index (χ0) is 15.5. The Morgan fingerprint density at radius 3 is 2.86 bits per heavy atom. The van der Waals surface area contributed by atoms with E-state index in [1.807, 2.05) is 18.2 Å².